The number of anilines is 1. The molecule has 1 heterocycles. The van der Waals surface area contributed by atoms with Crippen LogP contribution in [0, 0.1) is 13.8 Å². The molecule has 0 amide bonds. The number of aryl methyl sites for hydroxylation is 2. The molecule has 6 nitrogen and oxygen atoms in total. The van der Waals surface area contributed by atoms with Crippen molar-refractivity contribution in [1.82, 2.24) is 10.1 Å². The largest absolute Gasteiger partial charge is 0.416 e. The van der Waals surface area contributed by atoms with E-state index >= 15 is 0 Å². The minimum atomic E-state index is -4.64. The molecule has 0 fully saturated rings. The lowest BCUT2D eigenvalue weighted by Gasteiger charge is -2.11. The van der Waals surface area contributed by atoms with E-state index in [4.69, 9.17) is 0 Å². The quantitative estimate of drug-likeness (QED) is 0.939. The molecular weight excluding hydrogens is 311 g/mol. The van der Waals surface area contributed by atoms with Gasteiger partial charge >= 0.3 is 6.18 Å². The Balaban J connectivity index is 2.44. The Morgan fingerprint density at radius 2 is 1.90 bits per heavy atom. The zero-order chi connectivity index (χ0) is 15.8. The number of sulfonamides is 1. The third-order valence-electron chi connectivity index (χ3n) is 2.56. The molecule has 1 aromatic heterocycles. The van der Waals surface area contributed by atoms with Crippen molar-refractivity contribution in [2.45, 2.75) is 24.9 Å². The van der Waals surface area contributed by atoms with Crippen LogP contribution in [0.2, 0.25) is 0 Å². The van der Waals surface area contributed by atoms with Crippen molar-refractivity contribution in [1.29, 1.82) is 0 Å². The standard InChI is InChI=1S/C11H10F3N3O3S/c1-6-3-4-8(11(12,13)14)5-9(6)21(18,19)17-10-15-7(2)20-16-10/h3-5H,1-2H3,(H,16,17). The Morgan fingerprint density at radius 1 is 1.24 bits per heavy atom. The maximum absolute atomic E-state index is 12.7. The lowest BCUT2D eigenvalue weighted by atomic mass is 10.1. The van der Waals surface area contributed by atoms with Gasteiger partial charge in [0.25, 0.3) is 16.0 Å². The SMILES string of the molecule is Cc1nc(NS(=O)(=O)c2cc(C(F)(F)F)ccc2C)no1. The van der Waals surface area contributed by atoms with Gasteiger partial charge in [0.2, 0.25) is 5.89 Å². The monoisotopic (exact) mass is 321 g/mol. The summed E-state index contributed by atoms with van der Waals surface area (Å²) in [6.07, 6.45) is -4.64. The second-order valence-electron chi connectivity index (χ2n) is 4.22. The van der Waals surface area contributed by atoms with Crippen LogP contribution in [0.4, 0.5) is 19.1 Å². The molecular formula is C11H10F3N3O3S. The zero-order valence-corrected chi connectivity index (χ0v) is 11.7. The lowest BCUT2D eigenvalue weighted by molar-refractivity contribution is -0.137. The summed E-state index contributed by atoms with van der Waals surface area (Å²) >= 11 is 0. The van der Waals surface area contributed by atoms with Crippen molar-refractivity contribution >= 4 is 16.0 Å². The van der Waals surface area contributed by atoms with Crippen molar-refractivity contribution in [3.8, 4) is 0 Å². The van der Waals surface area contributed by atoms with Crippen LogP contribution in [-0.2, 0) is 16.2 Å². The van der Waals surface area contributed by atoms with Gasteiger partial charge in [-0.05, 0) is 29.8 Å². The molecule has 0 spiro atoms. The fourth-order valence-electron chi connectivity index (χ4n) is 1.58. The highest BCUT2D eigenvalue weighted by molar-refractivity contribution is 7.92. The van der Waals surface area contributed by atoms with Gasteiger partial charge in [0.05, 0.1) is 10.5 Å². The first kappa shape index (κ1) is 15.3. The summed E-state index contributed by atoms with van der Waals surface area (Å²) in [5.74, 6) is -0.224. The molecule has 114 valence electrons. The number of rotatable bonds is 3. The van der Waals surface area contributed by atoms with E-state index < -0.39 is 26.7 Å². The number of nitrogens with zero attached hydrogens (tertiary/aromatic N) is 2. The summed E-state index contributed by atoms with van der Waals surface area (Å²) in [4.78, 5) is 3.13. The number of halogens is 3. The summed E-state index contributed by atoms with van der Waals surface area (Å²) < 4.78 is 68.8. The van der Waals surface area contributed by atoms with Crippen molar-refractivity contribution in [3.05, 3.63) is 35.2 Å². The zero-order valence-electron chi connectivity index (χ0n) is 10.9. The Labute approximate surface area is 118 Å². The molecule has 10 heteroatoms. The van der Waals surface area contributed by atoms with Crippen molar-refractivity contribution in [2.24, 2.45) is 0 Å². The average Bonchev–Trinajstić information content (AvgIpc) is 2.72. The average molecular weight is 321 g/mol. The van der Waals surface area contributed by atoms with Crippen LogP contribution in [0.25, 0.3) is 0 Å². The van der Waals surface area contributed by atoms with E-state index in [-0.39, 0.29) is 17.4 Å². The van der Waals surface area contributed by atoms with E-state index in [1.165, 1.54) is 13.8 Å². The van der Waals surface area contributed by atoms with Gasteiger partial charge in [-0.25, -0.2) is 13.1 Å². The van der Waals surface area contributed by atoms with E-state index in [0.717, 1.165) is 12.1 Å². The summed E-state index contributed by atoms with van der Waals surface area (Å²) in [7, 11) is -4.25. The molecule has 0 saturated heterocycles. The second kappa shape index (κ2) is 5.02. The first-order valence-corrected chi connectivity index (χ1v) is 7.09. The fourth-order valence-corrected chi connectivity index (χ4v) is 2.79. The Morgan fingerprint density at radius 3 is 2.43 bits per heavy atom. The number of hydrogen-bond acceptors (Lipinski definition) is 5. The molecule has 1 N–H and O–H groups in total. The third kappa shape index (κ3) is 3.32. The number of hydrogen-bond donors (Lipinski definition) is 1. The van der Waals surface area contributed by atoms with Crippen LogP contribution in [0.1, 0.15) is 17.0 Å². The van der Waals surface area contributed by atoms with Crippen LogP contribution in [0.3, 0.4) is 0 Å². The third-order valence-corrected chi connectivity index (χ3v) is 4.03. The molecule has 1 aromatic carbocycles. The molecule has 0 bridgehead atoms. The first-order valence-electron chi connectivity index (χ1n) is 5.60. The first-order chi connectivity index (χ1) is 9.59. The van der Waals surface area contributed by atoms with E-state index in [1.54, 1.807) is 0 Å². The maximum atomic E-state index is 12.7. The van der Waals surface area contributed by atoms with Crippen molar-refractivity contribution in [3.63, 3.8) is 0 Å². The molecule has 0 saturated carbocycles. The van der Waals surface area contributed by atoms with Crippen LogP contribution >= 0.6 is 0 Å². The highest BCUT2D eigenvalue weighted by Crippen LogP contribution is 2.32. The predicted molar refractivity (Wildman–Crippen MR) is 66.0 cm³/mol. The smallest absolute Gasteiger partial charge is 0.338 e. The molecule has 2 aromatic rings. The fraction of sp³-hybridized carbons (Fsp3) is 0.273. The Bertz CT molecular complexity index is 769. The molecule has 21 heavy (non-hydrogen) atoms. The Hall–Kier alpha value is -2.10. The van der Waals surface area contributed by atoms with Crippen molar-refractivity contribution < 1.29 is 26.1 Å². The molecule has 0 radical (unpaired) electrons. The summed E-state index contributed by atoms with van der Waals surface area (Å²) in [6.45, 7) is 2.83. The topological polar surface area (TPSA) is 85.1 Å². The molecule has 0 aliphatic carbocycles. The van der Waals surface area contributed by atoms with Crippen molar-refractivity contribution in [2.75, 3.05) is 4.72 Å². The molecule has 0 atom stereocenters. The summed E-state index contributed by atoms with van der Waals surface area (Å²) in [5, 5.41) is 3.33. The molecule has 0 unspecified atom stereocenters. The lowest BCUT2D eigenvalue weighted by Crippen LogP contribution is -2.16. The minimum Gasteiger partial charge on any atom is -0.338 e. The van der Waals surface area contributed by atoms with Gasteiger partial charge in [0.1, 0.15) is 0 Å². The van der Waals surface area contributed by atoms with Gasteiger partial charge in [0.15, 0.2) is 0 Å². The van der Waals surface area contributed by atoms with Crippen LogP contribution in [-0.4, -0.2) is 18.6 Å². The highest BCUT2D eigenvalue weighted by atomic mass is 32.2. The van der Waals surface area contributed by atoms with Crippen LogP contribution < -0.4 is 4.72 Å². The number of alkyl halides is 3. The summed E-state index contributed by atoms with van der Waals surface area (Å²) in [6, 6.07) is 2.45. The highest BCUT2D eigenvalue weighted by Gasteiger charge is 2.32. The van der Waals surface area contributed by atoms with Crippen LogP contribution in [0.15, 0.2) is 27.6 Å². The van der Waals surface area contributed by atoms with Gasteiger partial charge < -0.3 is 4.52 Å². The number of nitrogens with one attached hydrogen (secondary N) is 1. The predicted octanol–water partition coefficient (Wildman–Crippen LogP) is 2.51. The minimum absolute atomic E-state index is 0.119. The molecule has 2 rings (SSSR count). The maximum Gasteiger partial charge on any atom is 0.416 e. The van der Waals surface area contributed by atoms with Crippen LogP contribution in [0.5, 0.6) is 0 Å². The summed E-state index contributed by atoms with van der Waals surface area (Å²) in [5.41, 5.74) is -0.895. The van der Waals surface area contributed by atoms with E-state index in [9.17, 15) is 21.6 Å². The van der Waals surface area contributed by atoms with Gasteiger partial charge in [-0.15, -0.1) is 0 Å². The van der Waals surface area contributed by atoms with Gasteiger partial charge in [-0.3, -0.25) is 0 Å². The second-order valence-corrected chi connectivity index (χ2v) is 5.87. The number of aromatic nitrogens is 2. The van der Waals surface area contributed by atoms with Gasteiger partial charge in [0, 0.05) is 6.92 Å². The molecule has 0 aliphatic heterocycles. The normalized spacial score (nSPS) is 12.4. The van der Waals surface area contributed by atoms with E-state index in [0.29, 0.717) is 6.07 Å². The van der Waals surface area contributed by atoms with Gasteiger partial charge in [-0.1, -0.05) is 6.07 Å². The van der Waals surface area contributed by atoms with E-state index in [2.05, 4.69) is 14.7 Å². The molecule has 0 aliphatic rings. The number of benzene rings is 1. The Kier molecular flexibility index (Phi) is 3.66. The van der Waals surface area contributed by atoms with E-state index in [1.807, 2.05) is 4.72 Å². The van der Waals surface area contributed by atoms with Gasteiger partial charge in [-0.2, -0.15) is 18.2 Å².